The number of hydrogen-bond donors (Lipinski definition) is 1. The monoisotopic (exact) mass is 470 g/mol. The van der Waals surface area contributed by atoms with Crippen molar-refractivity contribution in [3.8, 4) is 0 Å². The quantitative estimate of drug-likeness (QED) is 0.700. The second-order valence-electron chi connectivity index (χ2n) is 8.49. The SMILES string of the molecule is O=C(CS(=O)(=O)Nc1ccc(N2CCCCC2)cc1)N1CCN(C(=O)c2ccccc2)CC1. The Morgan fingerprint density at radius 3 is 2.00 bits per heavy atom. The molecule has 176 valence electrons. The van der Waals surface area contributed by atoms with Crippen molar-refractivity contribution in [2.24, 2.45) is 0 Å². The predicted octanol–water partition coefficient (Wildman–Crippen LogP) is 2.40. The lowest BCUT2D eigenvalue weighted by Crippen LogP contribution is -2.52. The summed E-state index contributed by atoms with van der Waals surface area (Å²) in [7, 11) is -3.83. The molecule has 0 saturated carbocycles. The lowest BCUT2D eigenvalue weighted by Gasteiger charge is -2.34. The van der Waals surface area contributed by atoms with E-state index in [1.807, 2.05) is 30.3 Å². The van der Waals surface area contributed by atoms with E-state index in [0.717, 1.165) is 18.8 Å². The molecule has 2 aromatic carbocycles. The Hall–Kier alpha value is -3.07. The molecule has 33 heavy (non-hydrogen) atoms. The first kappa shape index (κ1) is 23.1. The summed E-state index contributed by atoms with van der Waals surface area (Å²) in [5, 5.41) is 0. The molecule has 2 aliphatic heterocycles. The first-order chi connectivity index (χ1) is 15.9. The summed E-state index contributed by atoms with van der Waals surface area (Å²) in [6.45, 7) is 3.43. The summed E-state index contributed by atoms with van der Waals surface area (Å²) in [4.78, 5) is 30.7. The molecule has 0 atom stereocenters. The molecule has 0 radical (unpaired) electrons. The number of benzene rings is 2. The van der Waals surface area contributed by atoms with Gasteiger partial charge in [-0.05, 0) is 55.7 Å². The molecule has 1 N–H and O–H groups in total. The number of amides is 2. The molecule has 9 heteroatoms. The smallest absolute Gasteiger partial charge is 0.253 e. The number of carbonyl (C=O) groups is 2. The van der Waals surface area contributed by atoms with Gasteiger partial charge < -0.3 is 14.7 Å². The Bertz CT molecular complexity index is 1060. The number of piperazine rings is 1. The van der Waals surface area contributed by atoms with E-state index in [1.54, 1.807) is 29.2 Å². The summed E-state index contributed by atoms with van der Waals surface area (Å²) >= 11 is 0. The molecule has 2 aliphatic rings. The highest BCUT2D eigenvalue weighted by Crippen LogP contribution is 2.22. The van der Waals surface area contributed by atoms with E-state index >= 15 is 0 Å². The number of rotatable bonds is 6. The fourth-order valence-corrected chi connectivity index (χ4v) is 5.36. The van der Waals surface area contributed by atoms with Crippen LogP contribution in [0.4, 0.5) is 11.4 Å². The molecule has 8 nitrogen and oxygen atoms in total. The number of piperidine rings is 1. The van der Waals surface area contributed by atoms with Crippen molar-refractivity contribution in [3.63, 3.8) is 0 Å². The van der Waals surface area contributed by atoms with E-state index in [0.29, 0.717) is 37.4 Å². The molecular weight excluding hydrogens is 440 g/mol. The Balaban J connectivity index is 1.28. The van der Waals surface area contributed by atoms with Crippen LogP contribution in [0.25, 0.3) is 0 Å². The lowest BCUT2D eigenvalue weighted by molar-refractivity contribution is -0.129. The van der Waals surface area contributed by atoms with Gasteiger partial charge in [-0.1, -0.05) is 18.2 Å². The van der Waals surface area contributed by atoms with Crippen LogP contribution in [0.2, 0.25) is 0 Å². The molecule has 0 unspecified atom stereocenters. The zero-order chi connectivity index (χ0) is 23.3. The standard InChI is InChI=1S/C24H30N4O4S/c29-23(27-15-17-28(18-16-27)24(30)20-7-3-1-4-8-20)19-33(31,32)25-21-9-11-22(12-10-21)26-13-5-2-6-14-26/h1,3-4,7-12,25H,2,5-6,13-19H2. The molecule has 0 bridgehead atoms. The van der Waals surface area contributed by atoms with Crippen molar-refractivity contribution >= 4 is 33.2 Å². The number of sulfonamides is 1. The van der Waals surface area contributed by atoms with E-state index in [1.165, 1.54) is 24.2 Å². The van der Waals surface area contributed by atoms with E-state index in [2.05, 4.69) is 9.62 Å². The largest absolute Gasteiger partial charge is 0.372 e. The van der Waals surface area contributed by atoms with Gasteiger partial charge in [0, 0.05) is 56.2 Å². The maximum atomic E-state index is 12.6. The van der Waals surface area contributed by atoms with Crippen LogP contribution < -0.4 is 9.62 Å². The number of carbonyl (C=O) groups excluding carboxylic acids is 2. The van der Waals surface area contributed by atoms with E-state index < -0.39 is 21.7 Å². The van der Waals surface area contributed by atoms with E-state index in [-0.39, 0.29) is 5.91 Å². The Kier molecular flexibility index (Phi) is 7.17. The van der Waals surface area contributed by atoms with E-state index in [9.17, 15) is 18.0 Å². The third-order valence-corrected chi connectivity index (χ3v) is 7.29. The highest BCUT2D eigenvalue weighted by molar-refractivity contribution is 7.93. The van der Waals surface area contributed by atoms with Gasteiger partial charge in [-0.25, -0.2) is 8.42 Å². The molecule has 2 amide bonds. The zero-order valence-corrected chi connectivity index (χ0v) is 19.5. The van der Waals surface area contributed by atoms with Crippen molar-refractivity contribution < 1.29 is 18.0 Å². The highest BCUT2D eigenvalue weighted by Gasteiger charge is 2.27. The second-order valence-corrected chi connectivity index (χ2v) is 10.2. The number of nitrogens with one attached hydrogen (secondary N) is 1. The summed E-state index contributed by atoms with van der Waals surface area (Å²) < 4.78 is 27.6. The lowest BCUT2D eigenvalue weighted by atomic mass is 10.1. The Morgan fingerprint density at radius 1 is 0.758 bits per heavy atom. The van der Waals surface area contributed by atoms with Gasteiger partial charge in [0.2, 0.25) is 15.9 Å². The predicted molar refractivity (Wildman–Crippen MR) is 129 cm³/mol. The van der Waals surface area contributed by atoms with Gasteiger partial charge in [-0.3, -0.25) is 14.3 Å². The highest BCUT2D eigenvalue weighted by atomic mass is 32.2. The van der Waals surface area contributed by atoms with Crippen LogP contribution in [0.15, 0.2) is 54.6 Å². The first-order valence-electron chi connectivity index (χ1n) is 11.4. The first-order valence-corrected chi connectivity index (χ1v) is 13.0. The van der Waals surface area contributed by atoms with Crippen LogP contribution in [-0.2, 0) is 14.8 Å². The fraction of sp³-hybridized carbons (Fsp3) is 0.417. The molecule has 4 rings (SSSR count). The van der Waals surface area contributed by atoms with Crippen LogP contribution in [0.5, 0.6) is 0 Å². The molecule has 2 saturated heterocycles. The molecular formula is C24H30N4O4S. The van der Waals surface area contributed by atoms with Gasteiger partial charge in [0.1, 0.15) is 5.75 Å². The normalized spacial score (nSPS) is 17.0. The zero-order valence-electron chi connectivity index (χ0n) is 18.7. The number of hydrogen-bond acceptors (Lipinski definition) is 5. The summed E-state index contributed by atoms with van der Waals surface area (Å²) in [5.41, 5.74) is 2.13. The molecule has 2 aromatic rings. The minimum atomic E-state index is -3.83. The topological polar surface area (TPSA) is 90.0 Å². The average Bonchev–Trinajstić information content (AvgIpc) is 2.84. The molecule has 0 spiro atoms. The van der Waals surface area contributed by atoms with Crippen molar-refractivity contribution in [3.05, 3.63) is 60.2 Å². The van der Waals surface area contributed by atoms with Gasteiger partial charge in [0.25, 0.3) is 5.91 Å². The third kappa shape index (κ3) is 6.04. The van der Waals surface area contributed by atoms with Gasteiger partial charge in [-0.15, -0.1) is 0 Å². The van der Waals surface area contributed by atoms with Crippen LogP contribution in [0.1, 0.15) is 29.6 Å². The molecule has 0 aromatic heterocycles. The van der Waals surface area contributed by atoms with E-state index in [4.69, 9.17) is 0 Å². The second kappa shape index (κ2) is 10.2. The van der Waals surface area contributed by atoms with Gasteiger partial charge in [-0.2, -0.15) is 0 Å². The van der Waals surface area contributed by atoms with Crippen molar-refractivity contribution in [1.82, 2.24) is 9.80 Å². The van der Waals surface area contributed by atoms with Crippen LogP contribution >= 0.6 is 0 Å². The Morgan fingerprint density at radius 2 is 1.36 bits per heavy atom. The molecule has 2 heterocycles. The minimum Gasteiger partial charge on any atom is -0.372 e. The number of anilines is 2. The Labute approximate surface area is 195 Å². The van der Waals surface area contributed by atoms with Crippen molar-refractivity contribution in [1.29, 1.82) is 0 Å². The fourth-order valence-electron chi connectivity index (χ4n) is 4.28. The molecule has 2 fully saturated rings. The minimum absolute atomic E-state index is 0.0787. The average molecular weight is 471 g/mol. The summed E-state index contributed by atoms with van der Waals surface area (Å²) in [6, 6.07) is 16.3. The summed E-state index contributed by atoms with van der Waals surface area (Å²) in [5.74, 6) is -1.16. The maximum absolute atomic E-state index is 12.6. The summed E-state index contributed by atoms with van der Waals surface area (Å²) in [6.07, 6.45) is 3.59. The van der Waals surface area contributed by atoms with Gasteiger partial charge >= 0.3 is 0 Å². The van der Waals surface area contributed by atoms with Crippen LogP contribution in [0.3, 0.4) is 0 Å². The van der Waals surface area contributed by atoms with Crippen molar-refractivity contribution in [2.75, 3.05) is 54.6 Å². The maximum Gasteiger partial charge on any atom is 0.253 e. The number of nitrogens with zero attached hydrogens (tertiary/aromatic N) is 3. The van der Waals surface area contributed by atoms with Gasteiger partial charge in [0.15, 0.2) is 0 Å². The van der Waals surface area contributed by atoms with Crippen molar-refractivity contribution in [2.45, 2.75) is 19.3 Å². The molecule has 0 aliphatic carbocycles. The third-order valence-electron chi connectivity index (χ3n) is 6.12. The van der Waals surface area contributed by atoms with Crippen LogP contribution in [-0.4, -0.2) is 75.1 Å². The van der Waals surface area contributed by atoms with Gasteiger partial charge in [0.05, 0.1) is 0 Å². The van der Waals surface area contributed by atoms with Crippen LogP contribution in [0, 0.1) is 0 Å².